The van der Waals surface area contributed by atoms with Gasteiger partial charge in [0.05, 0.1) is 41.1 Å². The van der Waals surface area contributed by atoms with Crippen molar-refractivity contribution in [1.82, 2.24) is 9.88 Å². The van der Waals surface area contributed by atoms with Gasteiger partial charge in [-0.05, 0) is 67.3 Å². The molecule has 2 aliphatic heterocycles. The second kappa shape index (κ2) is 12.4. The average Bonchev–Trinajstić information content (AvgIpc) is 3.46. The number of para-hydroxylation sites is 1. The Morgan fingerprint density at radius 3 is 2.62 bits per heavy atom. The number of rotatable bonds is 9. The first kappa shape index (κ1) is 28.6. The Bertz CT molecular complexity index is 1670. The van der Waals surface area contributed by atoms with Crippen LogP contribution in [-0.4, -0.2) is 77.3 Å². The van der Waals surface area contributed by atoms with Crippen molar-refractivity contribution in [2.75, 3.05) is 62.3 Å². The number of nitrogens with zero attached hydrogens (tertiary/aromatic N) is 4. The molecule has 0 radical (unpaired) electrons. The molecule has 0 atom stereocenters. The molecule has 3 heterocycles. The highest BCUT2D eigenvalue weighted by atomic mass is 32.2. The van der Waals surface area contributed by atoms with Crippen LogP contribution < -0.4 is 13.9 Å². The van der Waals surface area contributed by atoms with Crippen molar-refractivity contribution in [3.63, 3.8) is 0 Å². The summed E-state index contributed by atoms with van der Waals surface area (Å²) < 4.78 is 40.5. The van der Waals surface area contributed by atoms with Crippen molar-refractivity contribution in [3.8, 4) is 5.75 Å². The zero-order valence-electron chi connectivity index (χ0n) is 23.6. The van der Waals surface area contributed by atoms with E-state index in [4.69, 9.17) is 14.5 Å². The third-order valence-corrected chi connectivity index (χ3v) is 10.7. The maximum Gasteiger partial charge on any atom is 0.264 e. The van der Waals surface area contributed by atoms with Crippen LogP contribution in [0.15, 0.2) is 71.6 Å². The summed E-state index contributed by atoms with van der Waals surface area (Å²) in [6.45, 7) is 4.97. The van der Waals surface area contributed by atoms with Gasteiger partial charge in [0.2, 0.25) is 0 Å². The number of thiazole rings is 1. The molecule has 1 saturated heterocycles. The van der Waals surface area contributed by atoms with Crippen LogP contribution in [0.1, 0.15) is 28.8 Å². The summed E-state index contributed by atoms with van der Waals surface area (Å²) in [5.74, 6) is 0.493. The molecule has 2 aliphatic rings. The number of anilines is 2. The summed E-state index contributed by atoms with van der Waals surface area (Å²) in [7, 11) is -2.16. The molecule has 0 unspecified atom stereocenters. The highest BCUT2D eigenvalue weighted by Crippen LogP contribution is 2.34. The van der Waals surface area contributed by atoms with Crippen molar-refractivity contribution >= 4 is 48.3 Å². The Morgan fingerprint density at radius 1 is 1.05 bits per heavy atom. The van der Waals surface area contributed by atoms with Crippen molar-refractivity contribution < 1.29 is 22.7 Å². The summed E-state index contributed by atoms with van der Waals surface area (Å²) in [5.41, 5.74) is 2.93. The molecule has 3 aromatic carbocycles. The molecule has 1 aromatic heterocycles. The van der Waals surface area contributed by atoms with Gasteiger partial charge in [-0.3, -0.25) is 18.9 Å². The molecule has 4 aromatic rings. The lowest BCUT2D eigenvalue weighted by Gasteiger charge is -2.30. The molecule has 1 amide bonds. The fourth-order valence-corrected chi connectivity index (χ4v) is 8.01. The number of amides is 1. The topological polar surface area (TPSA) is 92.3 Å². The van der Waals surface area contributed by atoms with E-state index in [2.05, 4.69) is 4.90 Å². The number of aryl methyl sites for hydroxylation is 1. The fourth-order valence-electron chi connectivity index (χ4n) is 5.50. The lowest BCUT2D eigenvalue weighted by Crippen LogP contribution is -2.39. The number of morpholine rings is 1. The minimum Gasteiger partial charge on any atom is -0.497 e. The van der Waals surface area contributed by atoms with Crippen molar-refractivity contribution in [2.24, 2.45) is 0 Å². The predicted molar refractivity (Wildman–Crippen MR) is 165 cm³/mol. The first-order valence-electron chi connectivity index (χ1n) is 14.2. The van der Waals surface area contributed by atoms with Crippen molar-refractivity contribution in [3.05, 3.63) is 77.9 Å². The van der Waals surface area contributed by atoms with Crippen LogP contribution in [0.4, 0.5) is 10.8 Å². The number of sulfonamides is 1. The normalized spacial score (nSPS) is 15.9. The number of carbonyl (C=O) groups excluding carboxylic acids is 1. The molecule has 0 aliphatic carbocycles. The van der Waals surface area contributed by atoms with Gasteiger partial charge in [0, 0.05) is 44.4 Å². The molecule has 11 heteroatoms. The van der Waals surface area contributed by atoms with Gasteiger partial charge < -0.3 is 9.47 Å². The van der Waals surface area contributed by atoms with Crippen LogP contribution in [0.2, 0.25) is 0 Å². The standard InChI is InChI=1S/C31H34N4O5S2/c1-39-25-11-14-29-27(22-25)32-31(41-29)34(16-5-15-33-18-20-40-21-19-33)30(36)24-9-12-26(13-10-24)42(37,38)35-17-4-7-23-6-2-3-8-28(23)35/h2-3,6,8-14,22H,4-5,7,15-21H2,1H3. The van der Waals surface area contributed by atoms with Crippen LogP contribution in [0.3, 0.4) is 0 Å². The molecule has 0 bridgehead atoms. The smallest absolute Gasteiger partial charge is 0.264 e. The second-order valence-corrected chi connectivity index (χ2v) is 13.3. The van der Waals surface area contributed by atoms with Gasteiger partial charge in [0.1, 0.15) is 5.75 Å². The van der Waals surface area contributed by atoms with Gasteiger partial charge in [-0.15, -0.1) is 0 Å². The maximum atomic E-state index is 13.9. The number of carbonyl (C=O) groups is 1. The molecule has 1 fully saturated rings. The Labute approximate surface area is 250 Å². The van der Waals surface area contributed by atoms with Crippen LogP contribution in [0.25, 0.3) is 10.2 Å². The molecule has 9 nitrogen and oxygen atoms in total. The number of benzene rings is 3. The largest absolute Gasteiger partial charge is 0.497 e. The van der Waals surface area contributed by atoms with E-state index in [9.17, 15) is 13.2 Å². The fraction of sp³-hybridized carbons (Fsp3) is 0.355. The molecule has 6 rings (SSSR count). The summed E-state index contributed by atoms with van der Waals surface area (Å²) in [6, 6.07) is 19.6. The number of aromatic nitrogens is 1. The van der Waals surface area contributed by atoms with Crippen LogP contribution in [0.5, 0.6) is 5.75 Å². The number of fused-ring (bicyclic) bond motifs is 2. The first-order valence-corrected chi connectivity index (χ1v) is 16.5. The molecule has 0 saturated carbocycles. The zero-order chi connectivity index (χ0) is 29.1. The molecular formula is C31H34N4O5S2. The summed E-state index contributed by atoms with van der Waals surface area (Å²) in [6.07, 6.45) is 2.39. The van der Waals surface area contributed by atoms with Crippen molar-refractivity contribution in [2.45, 2.75) is 24.2 Å². The molecule has 220 valence electrons. The molecule has 0 N–H and O–H groups in total. The van der Waals surface area contributed by atoms with E-state index in [0.717, 1.165) is 73.6 Å². The molecular weight excluding hydrogens is 572 g/mol. The van der Waals surface area contributed by atoms with Crippen LogP contribution in [0, 0.1) is 0 Å². The molecule has 42 heavy (non-hydrogen) atoms. The third kappa shape index (κ3) is 5.87. The average molecular weight is 607 g/mol. The Morgan fingerprint density at radius 2 is 1.83 bits per heavy atom. The number of ether oxygens (including phenoxy) is 2. The van der Waals surface area contributed by atoms with Gasteiger partial charge >= 0.3 is 0 Å². The minimum absolute atomic E-state index is 0.168. The SMILES string of the molecule is COc1ccc2sc(N(CCCN3CCOCC3)C(=O)c3ccc(S(=O)(=O)N4CCCc5ccccc54)cc3)nc2c1. The lowest BCUT2D eigenvalue weighted by molar-refractivity contribution is 0.0376. The van der Waals surface area contributed by atoms with Crippen LogP contribution in [-0.2, 0) is 21.2 Å². The van der Waals surface area contributed by atoms with E-state index in [1.165, 1.54) is 27.8 Å². The zero-order valence-corrected chi connectivity index (χ0v) is 25.2. The van der Waals surface area contributed by atoms with E-state index >= 15 is 0 Å². The molecule has 0 spiro atoms. The monoisotopic (exact) mass is 606 g/mol. The Hall–Kier alpha value is -3.51. The van der Waals surface area contributed by atoms with E-state index in [1.807, 2.05) is 42.5 Å². The highest BCUT2D eigenvalue weighted by Gasteiger charge is 2.29. The third-order valence-electron chi connectivity index (χ3n) is 7.78. The van der Waals surface area contributed by atoms with Gasteiger partial charge in [-0.2, -0.15) is 0 Å². The van der Waals surface area contributed by atoms with Gasteiger partial charge in [0.25, 0.3) is 15.9 Å². The number of hydrogen-bond acceptors (Lipinski definition) is 8. The van der Waals surface area contributed by atoms with E-state index in [-0.39, 0.29) is 10.8 Å². The van der Waals surface area contributed by atoms with Crippen LogP contribution >= 0.6 is 11.3 Å². The maximum absolute atomic E-state index is 13.9. The minimum atomic E-state index is -3.77. The number of hydrogen-bond donors (Lipinski definition) is 0. The lowest BCUT2D eigenvalue weighted by atomic mass is 10.0. The highest BCUT2D eigenvalue weighted by molar-refractivity contribution is 7.92. The summed E-state index contributed by atoms with van der Waals surface area (Å²) in [4.78, 5) is 22.9. The van der Waals surface area contributed by atoms with Crippen molar-refractivity contribution in [1.29, 1.82) is 0 Å². The van der Waals surface area contributed by atoms with E-state index in [1.54, 1.807) is 24.1 Å². The Kier molecular flexibility index (Phi) is 8.43. The quantitative estimate of drug-likeness (QED) is 0.270. The van der Waals surface area contributed by atoms with E-state index in [0.29, 0.717) is 29.5 Å². The van der Waals surface area contributed by atoms with Gasteiger partial charge in [-0.1, -0.05) is 29.5 Å². The van der Waals surface area contributed by atoms with Gasteiger partial charge in [-0.25, -0.2) is 13.4 Å². The Balaban J connectivity index is 1.25. The predicted octanol–water partition coefficient (Wildman–Crippen LogP) is 4.82. The van der Waals surface area contributed by atoms with E-state index < -0.39 is 10.0 Å². The summed E-state index contributed by atoms with van der Waals surface area (Å²) in [5, 5.41) is 0.604. The number of methoxy groups -OCH3 is 1. The van der Waals surface area contributed by atoms with Gasteiger partial charge in [0.15, 0.2) is 5.13 Å². The summed E-state index contributed by atoms with van der Waals surface area (Å²) >= 11 is 1.46. The second-order valence-electron chi connectivity index (χ2n) is 10.4. The first-order chi connectivity index (χ1) is 20.4.